The number of hydrogen-bond donors (Lipinski definition) is 2. The average molecular weight is 283 g/mol. The van der Waals surface area contributed by atoms with Crippen LogP contribution < -0.4 is 5.73 Å². The summed E-state index contributed by atoms with van der Waals surface area (Å²) in [5, 5.41) is 11.2. The van der Waals surface area contributed by atoms with Gasteiger partial charge in [0.1, 0.15) is 5.82 Å². The van der Waals surface area contributed by atoms with Crippen LogP contribution in [-0.4, -0.2) is 10.1 Å². The van der Waals surface area contributed by atoms with Crippen LogP contribution in [0.25, 0.3) is 0 Å². The van der Waals surface area contributed by atoms with E-state index in [0.717, 1.165) is 5.56 Å². The quantitative estimate of drug-likeness (QED) is 0.909. The minimum atomic E-state index is -0.781. The predicted molar refractivity (Wildman–Crippen MR) is 73.8 cm³/mol. The van der Waals surface area contributed by atoms with Crippen LogP contribution in [0.5, 0.6) is 0 Å². The molecule has 1 heterocycles. The lowest BCUT2D eigenvalue weighted by Gasteiger charge is -2.14. The van der Waals surface area contributed by atoms with E-state index >= 15 is 0 Å². The number of rotatable bonds is 3. The second kappa shape index (κ2) is 5.57. The Morgan fingerprint density at radius 3 is 2.72 bits per heavy atom. The van der Waals surface area contributed by atoms with Crippen LogP contribution in [0.3, 0.4) is 0 Å². The number of hydrogen-bond acceptors (Lipinski definition) is 3. The molecule has 0 aliphatic carbocycles. The number of aromatic nitrogens is 1. The first-order valence-corrected chi connectivity index (χ1v) is 6.16. The third kappa shape index (κ3) is 2.93. The molecule has 1 aromatic carbocycles. The molecule has 0 saturated heterocycles. The minimum Gasteiger partial charge on any atom is -0.388 e. The van der Waals surface area contributed by atoms with E-state index in [1.54, 1.807) is 12.1 Å². The molecule has 1 aromatic heterocycles. The zero-order chi connectivity index (χ0) is 13.1. The fourth-order valence-electron chi connectivity index (χ4n) is 1.71. The molecule has 0 bridgehead atoms. The number of nitrogen functional groups attached to an aromatic ring is 1. The van der Waals surface area contributed by atoms with E-state index < -0.39 is 6.10 Å². The summed E-state index contributed by atoms with van der Waals surface area (Å²) >= 11 is 11.9. The molecule has 5 heteroatoms. The van der Waals surface area contributed by atoms with Crippen molar-refractivity contribution >= 4 is 29.0 Å². The third-order valence-electron chi connectivity index (χ3n) is 2.65. The van der Waals surface area contributed by atoms with Gasteiger partial charge in [-0.1, -0.05) is 41.4 Å². The van der Waals surface area contributed by atoms with Gasteiger partial charge in [-0.3, -0.25) is 0 Å². The average Bonchev–Trinajstić information content (AvgIpc) is 2.35. The summed E-state index contributed by atoms with van der Waals surface area (Å²) < 4.78 is 0. The number of benzene rings is 1. The van der Waals surface area contributed by atoms with E-state index in [9.17, 15) is 5.11 Å². The Balaban J connectivity index is 2.25. The molecule has 1 unspecified atom stereocenters. The molecule has 0 aliphatic rings. The van der Waals surface area contributed by atoms with Crippen LogP contribution in [0.15, 0.2) is 36.5 Å². The van der Waals surface area contributed by atoms with E-state index in [2.05, 4.69) is 4.98 Å². The normalized spacial score (nSPS) is 12.4. The number of nitrogens with zero attached hydrogens (tertiary/aromatic N) is 1. The molecule has 0 aliphatic heterocycles. The maximum absolute atomic E-state index is 10.2. The predicted octanol–water partition coefficient (Wildman–Crippen LogP) is 3.25. The number of pyridine rings is 1. The summed E-state index contributed by atoms with van der Waals surface area (Å²) in [6.07, 6.45) is 1.03. The monoisotopic (exact) mass is 282 g/mol. The van der Waals surface area contributed by atoms with Crippen molar-refractivity contribution in [2.75, 3.05) is 5.73 Å². The fourth-order valence-corrected chi connectivity index (χ4v) is 2.09. The molecule has 2 aromatic rings. The smallest absolute Gasteiger partial charge is 0.129 e. The van der Waals surface area contributed by atoms with Gasteiger partial charge >= 0.3 is 0 Å². The van der Waals surface area contributed by atoms with Gasteiger partial charge in [-0.05, 0) is 17.7 Å². The second-order valence-corrected chi connectivity index (χ2v) is 4.78. The molecule has 3 N–H and O–H groups in total. The maximum atomic E-state index is 10.2. The Morgan fingerprint density at radius 1 is 1.28 bits per heavy atom. The van der Waals surface area contributed by atoms with E-state index in [0.29, 0.717) is 22.0 Å². The zero-order valence-electron chi connectivity index (χ0n) is 9.48. The number of aliphatic hydroxyl groups excluding tert-OH is 1. The van der Waals surface area contributed by atoms with Gasteiger partial charge in [-0.2, -0.15) is 0 Å². The van der Waals surface area contributed by atoms with Crippen molar-refractivity contribution in [3.05, 3.63) is 57.7 Å². The molecule has 0 spiro atoms. The lowest BCUT2D eigenvalue weighted by Crippen LogP contribution is -2.07. The van der Waals surface area contributed by atoms with Gasteiger partial charge in [0.2, 0.25) is 0 Å². The molecule has 1 atom stereocenters. The Hall–Kier alpha value is -1.29. The number of anilines is 1. The van der Waals surface area contributed by atoms with Crippen molar-refractivity contribution in [3.8, 4) is 0 Å². The summed E-state index contributed by atoms with van der Waals surface area (Å²) in [5.41, 5.74) is 7.09. The fraction of sp³-hybridized carbons (Fsp3) is 0.154. The molecule has 0 radical (unpaired) electrons. The standard InChI is InChI=1S/C13H12Cl2N2O/c14-9-6-10(13(16)17-7-9)12(18)5-8-3-1-2-4-11(8)15/h1-4,6-7,12,18H,5H2,(H2,16,17). The van der Waals surface area contributed by atoms with Crippen molar-refractivity contribution in [3.63, 3.8) is 0 Å². The zero-order valence-corrected chi connectivity index (χ0v) is 11.0. The summed E-state index contributed by atoms with van der Waals surface area (Å²) in [7, 11) is 0. The largest absolute Gasteiger partial charge is 0.388 e. The highest BCUT2D eigenvalue weighted by Crippen LogP contribution is 2.27. The molecule has 18 heavy (non-hydrogen) atoms. The molecule has 2 rings (SSSR count). The molecule has 3 nitrogen and oxygen atoms in total. The lowest BCUT2D eigenvalue weighted by molar-refractivity contribution is 0.179. The lowest BCUT2D eigenvalue weighted by atomic mass is 10.0. The van der Waals surface area contributed by atoms with Crippen LogP contribution in [0, 0.1) is 0 Å². The maximum Gasteiger partial charge on any atom is 0.129 e. The molecule has 0 amide bonds. The Bertz CT molecular complexity index is 560. The first-order valence-electron chi connectivity index (χ1n) is 5.40. The van der Waals surface area contributed by atoms with Gasteiger partial charge in [0.15, 0.2) is 0 Å². The van der Waals surface area contributed by atoms with Gasteiger partial charge in [0, 0.05) is 23.2 Å². The van der Waals surface area contributed by atoms with Crippen molar-refractivity contribution in [1.82, 2.24) is 4.98 Å². The third-order valence-corrected chi connectivity index (χ3v) is 3.22. The SMILES string of the molecule is Nc1ncc(Cl)cc1C(O)Cc1ccccc1Cl. The Morgan fingerprint density at radius 2 is 2.00 bits per heavy atom. The van der Waals surface area contributed by atoms with Crippen molar-refractivity contribution < 1.29 is 5.11 Å². The van der Waals surface area contributed by atoms with Crippen LogP contribution in [0.1, 0.15) is 17.2 Å². The van der Waals surface area contributed by atoms with E-state index in [1.165, 1.54) is 6.20 Å². The summed E-state index contributed by atoms with van der Waals surface area (Å²) in [6.45, 7) is 0. The highest BCUT2D eigenvalue weighted by Gasteiger charge is 2.14. The van der Waals surface area contributed by atoms with Crippen LogP contribution in [0.2, 0.25) is 10.0 Å². The van der Waals surface area contributed by atoms with E-state index in [-0.39, 0.29) is 5.82 Å². The first kappa shape index (κ1) is 13.1. The van der Waals surface area contributed by atoms with Crippen LogP contribution >= 0.6 is 23.2 Å². The summed E-state index contributed by atoms with van der Waals surface area (Å²) in [5.74, 6) is 0.277. The van der Waals surface area contributed by atoms with Gasteiger partial charge in [0.05, 0.1) is 11.1 Å². The molecule has 94 valence electrons. The van der Waals surface area contributed by atoms with Crippen LogP contribution in [-0.2, 0) is 6.42 Å². The molecule has 0 saturated carbocycles. The van der Waals surface area contributed by atoms with E-state index in [1.807, 2.05) is 18.2 Å². The van der Waals surface area contributed by atoms with Crippen LogP contribution in [0.4, 0.5) is 5.82 Å². The Kier molecular flexibility index (Phi) is 4.07. The molecule has 0 fully saturated rings. The highest BCUT2D eigenvalue weighted by atomic mass is 35.5. The summed E-state index contributed by atoms with van der Waals surface area (Å²) in [4.78, 5) is 3.92. The van der Waals surface area contributed by atoms with Crippen molar-refractivity contribution in [2.24, 2.45) is 0 Å². The van der Waals surface area contributed by atoms with Gasteiger partial charge < -0.3 is 10.8 Å². The minimum absolute atomic E-state index is 0.277. The second-order valence-electron chi connectivity index (χ2n) is 3.94. The molecular formula is C13H12Cl2N2O. The van der Waals surface area contributed by atoms with Gasteiger partial charge in [-0.15, -0.1) is 0 Å². The Labute approximate surface area is 115 Å². The number of aliphatic hydroxyl groups is 1. The highest BCUT2D eigenvalue weighted by molar-refractivity contribution is 6.31. The van der Waals surface area contributed by atoms with Gasteiger partial charge in [0.25, 0.3) is 0 Å². The molecular weight excluding hydrogens is 271 g/mol. The van der Waals surface area contributed by atoms with E-state index in [4.69, 9.17) is 28.9 Å². The summed E-state index contributed by atoms with van der Waals surface area (Å²) in [6, 6.07) is 8.97. The number of nitrogens with two attached hydrogens (primary N) is 1. The van der Waals surface area contributed by atoms with Gasteiger partial charge in [-0.25, -0.2) is 4.98 Å². The number of halogens is 2. The van der Waals surface area contributed by atoms with Crippen molar-refractivity contribution in [2.45, 2.75) is 12.5 Å². The topological polar surface area (TPSA) is 59.1 Å². The van der Waals surface area contributed by atoms with Crippen molar-refractivity contribution in [1.29, 1.82) is 0 Å². The first-order chi connectivity index (χ1) is 8.58.